The molecule has 1 N–H and O–H groups in total. The summed E-state index contributed by atoms with van der Waals surface area (Å²) in [6.07, 6.45) is 3.62. The average molecular weight is 413 g/mol. The second kappa shape index (κ2) is 8.71. The van der Waals surface area contributed by atoms with Crippen LogP contribution in [0.4, 0.5) is 5.69 Å². The summed E-state index contributed by atoms with van der Waals surface area (Å²) in [5, 5.41) is 4.01. The number of anilines is 1. The van der Waals surface area contributed by atoms with Crippen molar-refractivity contribution in [2.75, 3.05) is 31.6 Å². The Morgan fingerprint density at radius 2 is 1.74 bits per heavy atom. The number of nitrogens with zero attached hydrogens (tertiary/aromatic N) is 2. The normalized spacial score (nSPS) is 15.6. The fourth-order valence-corrected chi connectivity index (χ4v) is 4.06. The highest BCUT2D eigenvalue weighted by molar-refractivity contribution is 6.09. The molecule has 4 aromatic rings. The summed E-state index contributed by atoms with van der Waals surface area (Å²) in [5.74, 6) is 0.542. The number of benzene rings is 2. The molecule has 3 heterocycles. The summed E-state index contributed by atoms with van der Waals surface area (Å²) >= 11 is 0. The number of pyridine rings is 1. The Hall–Kier alpha value is -3.48. The molecule has 2 aromatic heterocycles. The van der Waals surface area contributed by atoms with Crippen molar-refractivity contribution in [3.8, 4) is 0 Å². The minimum Gasteiger partial charge on any atom is -0.457 e. The van der Waals surface area contributed by atoms with Crippen LogP contribution in [-0.2, 0) is 4.74 Å². The van der Waals surface area contributed by atoms with E-state index < -0.39 is 0 Å². The van der Waals surface area contributed by atoms with E-state index in [1.165, 1.54) is 0 Å². The lowest BCUT2D eigenvalue weighted by Gasteiger charge is -2.33. The van der Waals surface area contributed by atoms with Crippen LogP contribution in [0.15, 0.2) is 83.5 Å². The molecular weight excluding hydrogens is 390 g/mol. The van der Waals surface area contributed by atoms with Gasteiger partial charge in [0.25, 0.3) is 5.91 Å². The molecule has 0 spiro atoms. The molecule has 0 radical (unpaired) electrons. The van der Waals surface area contributed by atoms with Crippen molar-refractivity contribution >= 4 is 22.6 Å². The highest BCUT2D eigenvalue weighted by atomic mass is 16.5. The number of hydrogen-bond donors (Lipinski definition) is 1. The first kappa shape index (κ1) is 19.5. The van der Waals surface area contributed by atoms with E-state index in [1.54, 1.807) is 18.3 Å². The molecule has 1 amide bonds. The Morgan fingerprint density at radius 3 is 2.52 bits per heavy atom. The quantitative estimate of drug-likeness (QED) is 0.522. The molecule has 0 saturated carbocycles. The molecule has 6 heteroatoms. The molecule has 1 aliphatic rings. The van der Waals surface area contributed by atoms with Crippen molar-refractivity contribution in [3.05, 3.63) is 96.0 Å². The molecule has 0 bridgehead atoms. The number of aromatic nitrogens is 1. The van der Waals surface area contributed by atoms with E-state index >= 15 is 0 Å². The van der Waals surface area contributed by atoms with Crippen LogP contribution in [-0.4, -0.2) is 42.1 Å². The third-order valence-corrected chi connectivity index (χ3v) is 5.56. The van der Waals surface area contributed by atoms with Crippen molar-refractivity contribution in [1.82, 2.24) is 9.88 Å². The molecule has 1 aliphatic heterocycles. The monoisotopic (exact) mass is 413 g/mol. The molecule has 0 aliphatic carbocycles. The Kier molecular flexibility index (Phi) is 5.48. The van der Waals surface area contributed by atoms with Crippen molar-refractivity contribution in [1.29, 1.82) is 0 Å². The lowest BCUT2D eigenvalue weighted by atomic mass is 10.0. The second-order valence-electron chi connectivity index (χ2n) is 7.49. The van der Waals surface area contributed by atoms with E-state index in [0.717, 1.165) is 29.6 Å². The molecule has 156 valence electrons. The van der Waals surface area contributed by atoms with E-state index in [4.69, 9.17) is 9.15 Å². The maximum Gasteiger partial charge on any atom is 0.255 e. The average Bonchev–Trinajstić information content (AvgIpc) is 3.19. The molecule has 0 unspecified atom stereocenters. The first-order valence-corrected chi connectivity index (χ1v) is 10.4. The smallest absolute Gasteiger partial charge is 0.255 e. The SMILES string of the molecule is O=C(Nc1c([C@H](c2cccnc2)N2CCOCC2)oc2ccccc12)c1ccccc1. The zero-order chi connectivity index (χ0) is 21.0. The highest BCUT2D eigenvalue weighted by Crippen LogP contribution is 2.40. The number of amides is 1. The Labute approximate surface area is 180 Å². The standard InChI is InChI=1S/C25H23N3O3/c29-25(18-7-2-1-3-8-18)27-22-20-10-4-5-11-21(20)31-24(22)23(19-9-6-12-26-17-19)28-13-15-30-16-14-28/h1-12,17,23H,13-16H2,(H,27,29)/t23-/m0/s1. The third kappa shape index (κ3) is 3.95. The summed E-state index contributed by atoms with van der Waals surface area (Å²) in [4.78, 5) is 19.7. The van der Waals surface area contributed by atoms with Crippen LogP contribution in [0.5, 0.6) is 0 Å². The number of ether oxygens (including phenoxy) is 1. The van der Waals surface area contributed by atoms with Crippen molar-refractivity contribution < 1.29 is 13.9 Å². The lowest BCUT2D eigenvalue weighted by Crippen LogP contribution is -2.39. The lowest BCUT2D eigenvalue weighted by molar-refractivity contribution is 0.0205. The maximum absolute atomic E-state index is 13.0. The number of furan rings is 1. The van der Waals surface area contributed by atoms with Crippen LogP contribution >= 0.6 is 0 Å². The van der Waals surface area contributed by atoms with Gasteiger partial charge < -0.3 is 14.5 Å². The van der Waals surface area contributed by atoms with Gasteiger partial charge in [-0.1, -0.05) is 36.4 Å². The molecular formula is C25H23N3O3. The van der Waals surface area contributed by atoms with E-state index in [1.807, 2.05) is 60.8 Å². The summed E-state index contributed by atoms with van der Waals surface area (Å²) < 4.78 is 12.0. The van der Waals surface area contributed by atoms with Gasteiger partial charge in [-0.3, -0.25) is 14.7 Å². The van der Waals surface area contributed by atoms with Crippen molar-refractivity contribution in [2.24, 2.45) is 0 Å². The number of rotatable bonds is 5. The molecule has 2 aromatic carbocycles. The van der Waals surface area contributed by atoms with Crippen molar-refractivity contribution in [3.63, 3.8) is 0 Å². The minimum atomic E-state index is -0.184. The van der Waals surface area contributed by atoms with E-state index in [-0.39, 0.29) is 11.9 Å². The predicted molar refractivity (Wildman–Crippen MR) is 119 cm³/mol. The largest absolute Gasteiger partial charge is 0.457 e. The summed E-state index contributed by atoms with van der Waals surface area (Å²) in [7, 11) is 0. The summed E-state index contributed by atoms with van der Waals surface area (Å²) in [6, 6.07) is 20.8. The molecule has 1 atom stereocenters. The number of nitrogens with one attached hydrogen (secondary N) is 1. The van der Waals surface area contributed by atoms with E-state index in [2.05, 4.69) is 15.2 Å². The molecule has 5 rings (SSSR count). The van der Waals surface area contributed by atoms with Gasteiger partial charge in [0.05, 0.1) is 24.9 Å². The Bertz CT molecular complexity index is 1170. The topological polar surface area (TPSA) is 67.6 Å². The fourth-order valence-electron chi connectivity index (χ4n) is 4.06. The van der Waals surface area contributed by atoms with Gasteiger partial charge in [-0.2, -0.15) is 0 Å². The number of morpholine rings is 1. The van der Waals surface area contributed by atoms with Crippen LogP contribution in [0, 0.1) is 0 Å². The highest BCUT2D eigenvalue weighted by Gasteiger charge is 2.31. The maximum atomic E-state index is 13.0. The van der Waals surface area contributed by atoms with Gasteiger partial charge in [-0.15, -0.1) is 0 Å². The zero-order valence-electron chi connectivity index (χ0n) is 17.0. The van der Waals surface area contributed by atoms with Crippen LogP contribution in [0.25, 0.3) is 11.0 Å². The third-order valence-electron chi connectivity index (χ3n) is 5.56. The van der Waals surface area contributed by atoms with Crippen LogP contribution < -0.4 is 5.32 Å². The van der Waals surface area contributed by atoms with Gasteiger partial charge in [0, 0.05) is 36.4 Å². The van der Waals surface area contributed by atoms with Gasteiger partial charge in [0.15, 0.2) is 5.76 Å². The number of hydrogen-bond acceptors (Lipinski definition) is 5. The molecule has 1 fully saturated rings. The van der Waals surface area contributed by atoms with E-state index in [9.17, 15) is 4.79 Å². The first-order chi connectivity index (χ1) is 15.3. The predicted octanol–water partition coefficient (Wildman–Crippen LogP) is 4.50. The number of carbonyl (C=O) groups is 1. The molecule has 1 saturated heterocycles. The Morgan fingerprint density at radius 1 is 0.968 bits per heavy atom. The van der Waals surface area contributed by atoms with Gasteiger partial charge in [-0.25, -0.2) is 0 Å². The molecule has 6 nitrogen and oxygen atoms in total. The number of para-hydroxylation sites is 1. The first-order valence-electron chi connectivity index (χ1n) is 10.4. The van der Waals surface area contributed by atoms with E-state index in [0.29, 0.717) is 30.2 Å². The Balaban J connectivity index is 1.63. The fraction of sp³-hybridized carbons (Fsp3) is 0.200. The van der Waals surface area contributed by atoms with Crippen LogP contribution in [0.2, 0.25) is 0 Å². The van der Waals surface area contributed by atoms with Crippen LogP contribution in [0.1, 0.15) is 27.7 Å². The summed E-state index contributed by atoms with van der Waals surface area (Å²) in [6.45, 7) is 2.84. The minimum absolute atomic E-state index is 0.166. The number of carbonyl (C=O) groups excluding carboxylic acids is 1. The van der Waals surface area contributed by atoms with Crippen LogP contribution in [0.3, 0.4) is 0 Å². The van der Waals surface area contributed by atoms with Gasteiger partial charge in [0.2, 0.25) is 0 Å². The van der Waals surface area contributed by atoms with Crippen molar-refractivity contribution in [2.45, 2.75) is 6.04 Å². The molecule has 31 heavy (non-hydrogen) atoms. The van der Waals surface area contributed by atoms with Gasteiger partial charge in [0.1, 0.15) is 5.58 Å². The second-order valence-corrected chi connectivity index (χ2v) is 7.49. The summed E-state index contributed by atoms with van der Waals surface area (Å²) in [5.41, 5.74) is 3.05. The van der Waals surface area contributed by atoms with Gasteiger partial charge in [-0.05, 0) is 35.9 Å². The number of fused-ring (bicyclic) bond motifs is 1. The van der Waals surface area contributed by atoms with Gasteiger partial charge >= 0.3 is 0 Å². The zero-order valence-corrected chi connectivity index (χ0v) is 17.0.